The van der Waals surface area contributed by atoms with Gasteiger partial charge in [-0.3, -0.25) is 4.79 Å². The average molecular weight is 267 g/mol. The summed E-state index contributed by atoms with van der Waals surface area (Å²) in [5, 5.41) is 2.89. The molecule has 0 fully saturated rings. The molecule has 2 nitrogen and oxygen atoms in total. The highest BCUT2D eigenvalue weighted by Gasteiger charge is 2.04. The van der Waals surface area contributed by atoms with Crippen molar-refractivity contribution in [1.29, 1.82) is 0 Å². The molecule has 0 aromatic heterocycles. The van der Waals surface area contributed by atoms with Crippen LogP contribution in [-0.2, 0) is 12.8 Å². The van der Waals surface area contributed by atoms with Crippen LogP contribution in [0.3, 0.4) is 0 Å². The van der Waals surface area contributed by atoms with Crippen LogP contribution >= 0.6 is 0 Å². The summed E-state index contributed by atoms with van der Waals surface area (Å²) < 4.78 is 0. The highest BCUT2D eigenvalue weighted by molar-refractivity contribution is 5.94. The molecule has 0 spiro atoms. The van der Waals surface area contributed by atoms with Gasteiger partial charge in [-0.15, -0.1) is 0 Å². The van der Waals surface area contributed by atoms with E-state index < -0.39 is 0 Å². The van der Waals surface area contributed by atoms with E-state index >= 15 is 0 Å². The molecule has 1 amide bonds. The Morgan fingerprint density at radius 3 is 2.10 bits per heavy atom. The van der Waals surface area contributed by atoms with E-state index in [9.17, 15) is 4.79 Å². The van der Waals surface area contributed by atoms with Crippen LogP contribution in [0.15, 0.2) is 54.6 Å². The number of rotatable bonds is 6. The minimum atomic E-state index is 0.0152. The fraction of sp³-hybridized carbons (Fsp3) is 0.278. The van der Waals surface area contributed by atoms with Crippen molar-refractivity contribution in [3.05, 3.63) is 71.3 Å². The molecule has 0 radical (unpaired) electrons. The van der Waals surface area contributed by atoms with Crippen molar-refractivity contribution in [2.45, 2.75) is 26.2 Å². The Morgan fingerprint density at radius 1 is 0.900 bits per heavy atom. The van der Waals surface area contributed by atoms with E-state index in [1.807, 2.05) is 37.3 Å². The van der Waals surface area contributed by atoms with E-state index in [0.717, 1.165) is 31.4 Å². The predicted octanol–water partition coefficient (Wildman–Crippen LogP) is 3.61. The van der Waals surface area contributed by atoms with Crippen LogP contribution < -0.4 is 5.32 Å². The smallest absolute Gasteiger partial charge is 0.251 e. The molecule has 0 atom stereocenters. The van der Waals surface area contributed by atoms with Gasteiger partial charge in [0.2, 0.25) is 0 Å². The number of benzene rings is 2. The molecular formula is C18H21NO. The van der Waals surface area contributed by atoms with Crippen LogP contribution in [-0.4, -0.2) is 12.5 Å². The summed E-state index contributed by atoms with van der Waals surface area (Å²) in [5.41, 5.74) is 3.35. The number of nitrogens with one attached hydrogen (secondary N) is 1. The molecule has 0 bridgehead atoms. The second kappa shape index (κ2) is 7.49. The van der Waals surface area contributed by atoms with Crippen molar-refractivity contribution < 1.29 is 4.79 Å². The molecule has 2 heteroatoms. The van der Waals surface area contributed by atoms with Gasteiger partial charge in [-0.1, -0.05) is 49.4 Å². The third kappa shape index (κ3) is 4.23. The van der Waals surface area contributed by atoms with Crippen molar-refractivity contribution in [1.82, 2.24) is 5.32 Å². The van der Waals surface area contributed by atoms with Gasteiger partial charge in [0.15, 0.2) is 0 Å². The number of carbonyl (C=O) groups excluding carboxylic acids is 1. The molecule has 0 aliphatic carbocycles. The Morgan fingerprint density at radius 2 is 1.50 bits per heavy atom. The lowest BCUT2D eigenvalue weighted by molar-refractivity contribution is 0.0953. The van der Waals surface area contributed by atoms with E-state index in [4.69, 9.17) is 0 Å². The van der Waals surface area contributed by atoms with E-state index in [0.29, 0.717) is 0 Å². The largest absolute Gasteiger partial charge is 0.352 e. The van der Waals surface area contributed by atoms with Crippen molar-refractivity contribution in [3.8, 4) is 0 Å². The first-order valence-electron chi connectivity index (χ1n) is 7.20. The topological polar surface area (TPSA) is 29.1 Å². The zero-order valence-electron chi connectivity index (χ0n) is 11.9. The van der Waals surface area contributed by atoms with Gasteiger partial charge in [0.25, 0.3) is 5.91 Å². The lowest BCUT2D eigenvalue weighted by Gasteiger charge is -2.05. The molecule has 2 aromatic rings. The van der Waals surface area contributed by atoms with Crippen molar-refractivity contribution in [2.24, 2.45) is 0 Å². The monoisotopic (exact) mass is 267 g/mol. The number of carbonyl (C=O) groups is 1. The highest BCUT2D eigenvalue weighted by Crippen LogP contribution is 2.09. The number of hydrogen-bond acceptors (Lipinski definition) is 1. The summed E-state index contributed by atoms with van der Waals surface area (Å²) >= 11 is 0. The molecule has 0 aliphatic rings. The van der Waals surface area contributed by atoms with Crippen LogP contribution in [0, 0.1) is 0 Å². The second-order valence-corrected chi connectivity index (χ2v) is 4.94. The third-order valence-electron chi connectivity index (χ3n) is 3.30. The van der Waals surface area contributed by atoms with E-state index in [1.165, 1.54) is 11.1 Å². The van der Waals surface area contributed by atoms with Crippen LogP contribution in [0.4, 0.5) is 0 Å². The minimum absolute atomic E-state index is 0.0152. The van der Waals surface area contributed by atoms with Gasteiger partial charge in [-0.2, -0.15) is 0 Å². The summed E-state index contributed by atoms with van der Waals surface area (Å²) in [6, 6.07) is 18.4. The molecule has 2 aromatic carbocycles. The van der Waals surface area contributed by atoms with Gasteiger partial charge in [0, 0.05) is 12.1 Å². The van der Waals surface area contributed by atoms with Gasteiger partial charge >= 0.3 is 0 Å². The normalized spacial score (nSPS) is 10.2. The van der Waals surface area contributed by atoms with Gasteiger partial charge in [0.1, 0.15) is 0 Å². The number of aryl methyl sites for hydroxylation is 2. The Balaban J connectivity index is 1.90. The molecule has 1 N–H and O–H groups in total. The lowest BCUT2D eigenvalue weighted by atomic mass is 10.0. The molecule has 20 heavy (non-hydrogen) atoms. The maximum atomic E-state index is 11.8. The van der Waals surface area contributed by atoms with E-state index in [1.54, 1.807) is 0 Å². The average Bonchev–Trinajstić information content (AvgIpc) is 2.52. The SMILES string of the molecule is CCCNC(=O)c1ccc(CCc2ccccc2)cc1. The first-order valence-corrected chi connectivity index (χ1v) is 7.20. The molecular weight excluding hydrogens is 246 g/mol. The zero-order chi connectivity index (χ0) is 14.2. The first-order chi connectivity index (χ1) is 9.79. The minimum Gasteiger partial charge on any atom is -0.352 e. The summed E-state index contributed by atoms with van der Waals surface area (Å²) in [7, 11) is 0. The van der Waals surface area contributed by atoms with Crippen molar-refractivity contribution in [2.75, 3.05) is 6.54 Å². The highest BCUT2D eigenvalue weighted by atomic mass is 16.1. The summed E-state index contributed by atoms with van der Waals surface area (Å²) in [5.74, 6) is 0.0152. The quantitative estimate of drug-likeness (QED) is 0.851. The van der Waals surface area contributed by atoms with Gasteiger partial charge in [-0.25, -0.2) is 0 Å². The summed E-state index contributed by atoms with van der Waals surface area (Å²) in [4.78, 5) is 11.8. The fourth-order valence-electron chi connectivity index (χ4n) is 2.10. The Bertz CT molecular complexity index is 531. The van der Waals surface area contributed by atoms with Gasteiger partial charge in [0.05, 0.1) is 0 Å². The van der Waals surface area contributed by atoms with E-state index in [-0.39, 0.29) is 5.91 Å². The molecule has 104 valence electrons. The molecule has 2 rings (SSSR count). The molecule has 0 aliphatic heterocycles. The van der Waals surface area contributed by atoms with Crippen molar-refractivity contribution >= 4 is 5.91 Å². The Hall–Kier alpha value is -2.09. The van der Waals surface area contributed by atoms with E-state index in [2.05, 4.69) is 29.6 Å². The predicted molar refractivity (Wildman–Crippen MR) is 82.9 cm³/mol. The first kappa shape index (κ1) is 14.3. The molecule has 0 saturated heterocycles. The second-order valence-electron chi connectivity index (χ2n) is 4.94. The maximum Gasteiger partial charge on any atom is 0.251 e. The third-order valence-corrected chi connectivity index (χ3v) is 3.30. The summed E-state index contributed by atoms with van der Waals surface area (Å²) in [6.07, 6.45) is 2.99. The Labute approximate surface area is 120 Å². The van der Waals surface area contributed by atoms with Crippen LogP contribution in [0.1, 0.15) is 34.8 Å². The number of amides is 1. The van der Waals surface area contributed by atoms with Crippen LogP contribution in [0.2, 0.25) is 0 Å². The van der Waals surface area contributed by atoms with Gasteiger partial charge < -0.3 is 5.32 Å². The zero-order valence-corrected chi connectivity index (χ0v) is 11.9. The summed E-state index contributed by atoms with van der Waals surface area (Å²) in [6.45, 7) is 2.78. The molecule has 0 unspecified atom stereocenters. The maximum absolute atomic E-state index is 11.8. The van der Waals surface area contributed by atoms with Crippen molar-refractivity contribution in [3.63, 3.8) is 0 Å². The van der Waals surface area contributed by atoms with Crippen LogP contribution in [0.5, 0.6) is 0 Å². The standard InChI is InChI=1S/C18H21NO/c1-2-14-19-18(20)17-12-10-16(11-13-17)9-8-15-6-4-3-5-7-15/h3-7,10-13H,2,8-9,14H2,1H3,(H,19,20). The molecule has 0 saturated carbocycles. The lowest BCUT2D eigenvalue weighted by Crippen LogP contribution is -2.23. The number of hydrogen-bond donors (Lipinski definition) is 1. The van der Waals surface area contributed by atoms with Crippen LogP contribution in [0.25, 0.3) is 0 Å². The Kier molecular flexibility index (Phi) is 5.36. The van der Waals surface area contributed by atoms with Gasteiger partial charge in [-0.05, 0) is 42.5 Å². The fourth-order valence-corrected chi connectivity index (χ4v) is 2.10. The molecule has 0 heterocycles.